The van der Waals surface area contributed by atoms with Crippen LogP contribution in [0.1, 0.15) is 68.6 Å². The predicted molar refractivity (Wildman–Crippen MR) is 233 cm³/mol. The number of amides is 5. The fourth-order valence-electron chi connectivity index (χ4n) is 8.18. The molecule has 6 heterocycles. The zero-order valence-corrected chi connectivity index (χ0v) is 35.2. The van der Waals surface area contributed by atoms with Gasteiger partial charge >= 0.3 is 0 Å². The van der Waals surface area contributed by atoms with Crippen LogP contribution in [0.5, 0.6) is 0 Å². The van der Waals surface area contributed by atoms with Gasteiger partial charge in [0.1, 0.15) is 34.7 Å². The third kappa shape index (κ3) is 9.93. The average Bonchev–Trinajstić information content (AvgIpc) is 4.00. The molecule has 0 radical (unpaired) electrons. The van der Waals surface area contributed by atoms with Gasteiger partial charge in [0, 0.05) is 54.9 Å². The first-order chi connectivity index (χ1) is 31.3. The van der Waals surface area contributed by atoms with Crippen molar-refractivity contribution >= 4 is 52.4 Å². The number of imidazole rings is 1. The molecule has 19 heteroatoms. The fraction of sp³-hybridized carbons (Fsp3) is 0.378. The van der Waals surface area contributed by atoms with Gasteiger partial charge < -0.3 is 35.3 Å². The largest absolute Gasteiger partial charge is 0.382 e. The van der Waals surface area contributed by atoms with E-state index in [1.807, 2.05) is 28.8 Å². The van der Waals surface area contributed by atoms with E-state index in [0.29, 0.717) is 88.0 Å². The molecule has 5 amide bonds. The number of anilines is 3. The lowest BCUT2D eigenvalue weighted by Crippen LogP contribution is -2.54. The van der Waals surface area contributed by atoms with Crippen molar-refractivity contribution in [2.24, 2.45) is 0 Å². The van der Waals surface area contributed by atoms with E-state index in [9.17, 15) is 24.0 Å². The smallest absolute Gasteiger partial charge is 0.264 e. The molecule has 19 nitrogen and oxygen atoms in total. The highest BCUT2D eigenvalue weighted by Crippen LogP contribution is 2.37. The molecule has 5 aromatic rings. The number of carbonyl (C=O) groups excluding carboxylic acids is 5. The molecule has 334 valence electrons. The lowest BCUT2D eigenvalue weighted by atomic mass is 10.0. The Bertz CT molecular complexity index is 2480. The minimum Gasteiger partial charge on any atom is -0.382 e. The van der Waals surface area contributed by atoms with Crippen LogP contribution in [0.15, 0.2) is 79.3 Å². The molecule has 8 rings (SSSR count). The Kier molecular flexibility index (Phi) is 14.2. The van der Waals surface area contributed by atoms with Crippen LogP contribution in [0.4, 0.5) is 17.3 Å². The number of carbonyl (C=O) groups is 5. The molecule has 5 N–H and O–H groups in total. The molecule has 3 aliphatic heterocycles. The van der Waals surface area contributed by atoms with Crippen molar-refractivity contribution in [1.82, 2.24) is 34.5 Å². The molecule has 0 bridgehead atoms. The summed E-state index contributed by atoms with van der Waals surface area (Å²) in [4.78, 5) is 80.0. The van der Waals surface area contributed by atoms with Gasteiger partial charge in [-0.25, -0.2) is 15.0 Å². The van der Waals surface area contributed by atoms with Crippen molar-refractivity contribution in [3.8, 4) is 11.3 Å². The maximum Gasteiger partial charge on any atom is 0.264 e. The summed E-state index contributed by atoms with van der Waals surface area (Å²) in [5, 5.41) is 8.17. The molecule has 64 heavy (non-hydrogen) atoms. The lowest BCUT2D eigenvalue weighted by molar-refractivity contribution is -0.136. The number of nitrogens with zero attached hydrogens (tertiary/aromatic N) is 6. The third-order valence-corrected chi connectivity index (χ3v) is 11.3. The number of piperidine rings is 1. The molecule has 0 spiro atoms. The Hall–Kier alpha value is -6.64. The van der Waals surface area contributed by atoms with E-state index in [4.69, 9.17) is 29.7 Å². The average molecular weight is 875 g/mol. The number of nitrogens with two attached hydrogens (primary N) is 1. The van der Waals surface area contributed by atoms with Crippen molar-refractivity contribution < 1.29 is 42.9 Å². The van der Waals surface area contributed by atoms with Crippen LogP contribution in [0.25, 0.3) is 16.8 Å². The highest BCUT2D eigenvalue weighted by Gasteiger charge is 2.45. The number of nitrogen functional groups attached to an aromatic ring is 1. The first kappa shape index (κ1) is 44.0. The van der Waals surface area contributed by atoms with Crippen molar-refractivity contribution in [3.63, 3.8) is 0 Å². The van der Waals surface area contributed by atoms with E-state index in [1.165, 1.54) is 0 Å². The molecule has 0 saturated carbocycles. The van der Waals surface area contributed by atoms with Crippen molar-refractivity contribution in [1.29, 1.82) is 0 Å². The van der Waals surface area contributed by atoms with Crippen LogP contribution in [0.3, 0.4) is 0 Å². The summed E-state index contributed by atoms with van der Waals surface area (Å²) in [7, 11) is 0. The van der Waals surface area contributed by atoms with E-state index >= 15 is 0 Å². The standard InChI is InChI=1S/C45H50N10O9/c46-40-39-38(29-9-11-30(12-10-29)42(57)50-35-8-1-2-15-48-35)52-41(54(39)19-16-49-40)33-7-4-18-53(33)20-22-62-24-26-64-28-27-63-25-23-61-21-17-47-32-6-3-5-31-37(32)45(60)55(44(31)59)34-13-14-36(56)51-43(34)58/h1-3,5-6,8-12,15-16,19,33-34,47H,4,7,13-14,17-18,20-28H2,(H2,46,49)(H,48,50,57)(H,51,56,58)/t33-,34?/m0/s1. The molecule has 2 atom stereocenters. The second kappa shape index (κ2) is 20.7. The van der Waals surface area contributed by atoms with Crippen molar-refractivity contribution in [2.45, 2.75) is 37.8 Å². The zero-order valence-electron chi connectivity index (χ0n) is 35.2. The normalized spacial score (nSPS) is 17.6. The van der Waals surface area contributed by atoms with Crippen molar-refractivity contribution in [3.05, 3.63) is 102 Å². The number of hydrogen-bond acceptors (Lipinski definition) is 15. The Morgan fingerprint density at radius 2 is 1.55 bits per heavy atom. The monoisotopic (exact) mass is 874 g/mol. The molecule has 3 aromatic heterocycles. The number of pyridine rings is 1. The molecule has 3 aliphatic rings. The van der Waals surface area contributed by atoms with E-state index in [-0.39, 0.29) is 35.9 Å². The Labute approximate surface area is 368 Å². The van der Waals surface area contributed by atoms with Gasteiger partial charge in [-0.05, 0) is 62.2 Å². The van der Waals surface area contributed by atoms with Gasteiger partial charge in [-0.15, -0.1) is 0 Å². The van der Waals surface area contributed by atoms with Crippen LogP contribution in [-0.4, -0.2) is 137 Å². The van der Waals surface area contributed by atoms with Crippen molar-refractivity contribution in [2.75, 3.05) is 88.9 Å². The van der Waals surface area contributed by atoms with Gasteiger partial charge in [0.25, 0.3) is 17.7 Å². The number of likely N-dealkylation sites (tertiary alicyclic amines) is 1. The van der Waals surface area contributed by atoms with E-state index < -0.39 is 29.7 Å². The Morgan fingerprint density at radius 3 is 2.28 bits per heavy atom. The molecule has 2 aromatic carbocycles. The summed E-state index contributed by atoms with van der Waals surface area (Å²) in [5.74, 6) is -0.707. The topological polar surface area (TPSA) is 234 Å². The molecule has 1 unspecified atom stereocenters. The molecule has 0 aliphatic carbocycles. The number of hydrogen-bond donors (Lipinski definition) is 4. The van der Waals surface area contributed by atoms with Gasteiger partial charge in [0.05, 0.1) is 70.0 Å². The quantitative estimate of drug-likeness (QED) is 0.0612. The van der Waals surface area contributed by atoms with E-state index in [0.717, 1.165) is 47.7 Å². The Balaban J connectivity index is 0.705. The molecular formula is C45H50N10O9. The summed E-state index contributed by atoms with van der Waals surface area (Å²) < 4.78 is 24.9. The third-order valence-electron chi connectivity index (χ3n) is 11.3. The minimum absolute atomic E-state index is 0.0589. The van der Waals surface area contributed by atoms with E-state index in [1.54, 1.807) is 54.9 Å². The summed E-state index contributed by atoms with van der Waals surface area (Å²) >= 11 is 0. The number of nitrogens with one attached hydrogen (secondary N) is 3. The molecular weight excluding hydrogens is 825 g/mol. The number of ether oxygens (including phenoxy) is 4. The highest BCUT2D eigenvalue weighted by molar-refractivity contribution is 6.25. The van der Waals surface area contributed by atoms with Gasteiger partial charge in [-0.3, -0.25) is 43.5 Å². The SMILES string of the molecule is Nc1nccn2c([C@@H]3CCCN3CCOCCOCCOCCOCCNc3cccc4c3C(=O)N(C3CCC(=O)NC3=O)C4=O)nc(-c3ccc(C(=O)Nc4ccccn4)cc3)c12. The maximum absolute atomic E-state index is 13.3. The number of imide groups is 2. The lowest BCUT2D eigenvalue weighted by Gasteiger charge is -2.27. The first-order valence-corrected chi connectivity index (χ1v) is 21.4. The summed E-state index contributed by atoms with van der Waals surface area (Å²) in [6.45, 7) is 5.30. The van der Waals surface area contributed by atoms with Crippen LogP contribution < -0.4 is 21.7 Å². The number of rotatable bonds is 21. The molecule has 2 saturated heterocycles. The minimum atomic E-state index is -1.02. The summed E-state index contributed by atoms with van der Waals surface area (Å²) in [5.41, 5.74) is 10.1. The van der Waals surface area contributed by atoms with Gasteiger partial charge in [0.15, 0.2) is 0 Å². The number of benzene rings is 2. The van der Waals surface area contributed by atoms with E-state index in [2.05, 4.69) is 30.8 Å². The number of aromatic nitrogens is 4. The first-order valence-electron chi connectivity index (χ1n) is 21.4. The zero-order chi connectivity index (χ0) is 44.4. The summed E-state index contributed by atoms with van der Waals surface area (Å²) in [6, 6.07) is 16.6. The van der Waals surface area contributed by atoms with Crippen LogP contribution in [0.2, 0.25) is 0 Å². The Morgan fingerprint density at radius 1 is 0.797 bits per heavy atom. The number of fused-ring (bicyclic) bond motifs is 2. The van der Waals surface area contributed by atoms with Gasteiger partial charge in [-0.2, -0.15) is 0 Å². The van der Waals surface area contributed by atoms with Crippen LogP contribution >= 0.6 is 0 Å². The summed E-state index contributed by atoms with van der Waals surface area (Å²) in [6.07, 6.45) is 7.31. The highest BCUT2D eigenvalue weighted by atomic mass is 16.6. The fourth-order valence-corrected chi connectivity index (χ4v) is 8.18. The predicted octanol–water partition coefficient (Wildman–Crippen LogP) is 3.34. The second-order valence-electron chi connectivity index (χ2n) is 15.3. The van der Waals surface area contributed by atoms with Gasteiger partial charge in [-0.1, -0.05) is 24.3 Å². The maximum atomic E-state index is 13.3. The van der Waals surface area contributed by atoms with Crippen LogP contribution in [-0.2, 0) is 28.5 Å². The van der Waals surface area contributed by atoms with Crippen LogP contribution in [0, 0.1) is 0 Å². The van der Waals surface area contributed by atoms with Gasteiger partial charge in [0.2, 0.25) is 11.8 Å². The molecule has 2 fully saturated rings. The second-order valence-corrected chi connectivity index (χ2v) is 15.3.